The molecule has 34 heteroatoms. The Bertz CT molecular complexity index is 2790. The van der Waals surface area contributed by atoms with E-state index >= 15 is 0 Å². The van der Waals surface area contributed by atoms with E-state index < -0.39 is 186 Å². The van der Waals surface area contributed by atoms with Crippen LogP contribution in [0.1, 0.15) is 214 Å². The first kappa shape index (κ1) is 95.9. The molecule has 16 atom stereocenters. The van der Waals surface area contributed by atoms with Crippen molar-refractivity contribution in [1.29, 1.82) is 0 Å². The van der Waals surface area contributed by atoms with E-state index in [0.29, 0.717) is 57.9 Å². The van der Waals surface area contributed by atoms with Gasteiger partial charge in [0.25, 0.3) is 0 Å². The molecule has 0 aliphatic rings. The number of carbonyl (C=O) groups is 15. The van der Waals surface area contributed by atoms with Crippen LogP contribution in [-0.4, -0.2) is 193 Å². The molecular weight excluding hydrogens is 1350 g/mol. The van der Waals surface area contributed by atoms with Crippen molar-refractivity contribution in [2.45, 2.75) is 298 Å². The molecule has 0 heterocycles. The minimum absolute atomic E-state index is 0.00729. The van der Waals surface area contributed by atoms with Gasteiger partial charge in [-0.05, 0) is 166 Å². The van der Waals surface area contributed by atoms with Gasteiger partial charge in [0.05, 0.1) is 12.5 Å². The molecule has 0 aliphatic carbocycles. The highest BCUT2D eigenvalue weighted by Gasteiger charge is 2.38. The van der Waals surface area contributed by atoms with E-state index in [1.165, 1.54) is 27.7 Å². The van der Waals surface area contributed by atoms with E-state index in [0.717, 1.165) is 0 Å². The van der Waals surface area contributed by atoms with Crippen LogP contribution in [-0.2, 0) is 71.9 Å². The van der Waals surface area contributed by atoms with E-state index in [4.69, 9.17) is 34.4 Å². The largest absolute Gasteiger partial charge is 0.370 e. The summed E-state index contributed by atoms with van der Waals surface area (Å²) in [7, 11) is 0. The van der Waals surface area contributed by atoms with Gasteiger partial charge < -0.3 is 104 Å². The van der Waals surface area contributed by atoms with Crippen LogP contribution < -0.4 is 104 Å². The van der Waals surface area contributed by atoms with E-state index in [1.807, 2.05) is 27.7 Å². The first-order valence-electron chi connectivity index (χ1n) is 37.0. The van der Waals surface area contributed by atoms with Gasteiger partial charge >= 0.3 is 0 Å². The molecule has 0 aromatic carbocycles. The third kappa shape index (κ3) is 37.5. The second-order valence-corrected chi connectivity index (χ2v) is 29.1. The highest BCUT2D eigenvalue weighted by Crippen LogP contribution is 2.16. The van der Waals surface area contributed by atoms with Gasteiger partial charge in [0.15, 0.2) is 0 Å². The second kappa shape index (κ2) is 50.4. The van der Waals surface area contributed by atoms with E-state index in [1.54, 1.807) is 55.4 Å². The maximum Gasteiger partial charge on any atom is 0.243 e. The van der Waals surface area contributed by atoms with Gasteiger partial charge in [0.1, 0.15) is 78.5 Å². The number of amides is 15. The Hall–Kier alpha value is -8.11. The Morgan fingerprint density at radius 1 is 0.279 bits per heavy atom. The summed E-state index contributed by atoms with van der Waals surface area (Å²) in [6.45, 7) is 27.8. The Morgan fingerprint density at radius 2 is 0.529 bits per heavy atom. The number of nitrogens with two attached hydrogens (primary N) is 6. The lowest BCUT2D eigenvalue weighted by Gasteiger charge is -2.29. The van der Waals surface area contributed by atoms with Crippen molar-refractivity contribution >= 4 is 88.6 Å². The molecule has 596 valence electrons. The maximum absolute atomic E-state index is 14.2. The fraction of sp³-hybridized carbons (Fsp3) is 0.786. The highest BCUT2D eigenvalue weighted by molar-refractivity contribution is 6.00. The summed E-state index contributed by atoms with van der Waals surface area (Å²) in [5, 5.41) is 34.1. The molecule has 1 unspecified atom stereocenters. The molecule has 25 N–H and O–H groups in total. The summed E-state index contributed by atoms with van der Waals surface area (Å²) in [6.07, 6.45) is 3.63. The Labute approximate surface area is 615 Å². The molecule has 0 aromatic rings. The van der Waals surface area contributed by atoms with Crippen LogP contribution in [0.3, 0.4) is 0 Å². The SMILES string of the molecule is CCC(C)[C@H](NC(=O)[C@H](CCCCN)NC(=O)[C@H](CCCCN)NC(=O)[C@H](C)NC(=O)[C@H](CC(C)C)NC(=O)[C@H](C)NC(=O)[C@H](C)NC(=O)[C@H](CC(C)C)NC(=O)[C@H](C)NC(=O)[C@H](CCCCN)NC(=O)[C@H](CC(C)C)NC(=O)[C@H](CC(N)=O)NC(=O)[C@@H](N)[C@@H](C)CC)C(=O)N[C@@H](CC(C)C)C(N)=O. The zero-order chi connectivity index (χ0) is 79.8. The molecule has 15 amide bonds. The van der Waals surface area contributed by atoms with Gasteiger partial charge in [0, 0.05) is 0 Å². The fourth-order valence-corrected chi connectivity index (χ4v) is 10.8. The normalized spacial score (nSPS) is 16.0. The lowest BCUT2D eigenvalue weighted by atomic mass is 9.96. The lowest BCUT2D eigenvalue weighted by molar-refractivity contribution is -0.136. The molecule has 104 heavy (non-hydrogen) atoms. The van der Waals surface area contributed by atoms with Crippen LogP contribution in [0.25, 0.3) is 0 Å². The summed E-state index contributed by atoms with van der Waals surface area (Å²) in [6, 6.07) is -17.3. The molecule has 0 rings (SSSR count). The number of unbranched alkanes of at least 4 members (excludes halogenated alkanes) is 3. The average Bonchev–Trinajstić information content (AvgIpc) is 0.861. The quantitative estimate of drug-likeness (QED) is 0.0285. The predicted molar refractivity (Wildman–Crippen MR) is 394 cm³/mol. The van der Waals surface area contributed by atoms with Gasteiger partial charge in [-0.25, -0.2) is 0 Å². The highest BCUT2D eigenvalue weighted by atomic mass is 16.2. The minimum atomic E-state index is -1.48. The zero-order valence-electron chi connectivity index (χ0n) is 64.6. The van der Waals surface area contributed by atoms with Crippen LogP contribution in [0, 0.1) is 35.5 Å². The van der Waals surface area contributed by atoms with Crippen molar-refractivity contribution in [3.8, 4) is 0 Å². The second-order valence-electron chi connectivity index (χ2n) is 29.1. The summed E-state index contributed by atoms with van der Waals surface area (Å²) in [5.74, 6) is -13.0. The van der Waals surface area contributed by atoms with Crippen LogP contribution >= 0.6 is 0 Å². The van der Waals surface area contributed by atoms with E-state index in [9.17, 15) is 71.9 Å². The molecule has 34 nitrogen and oxygen atoms in total. The zero-order valence-corrected chi connectivity index (χ0v) is 64.6. The smallest absolute Gasteiger partial charge is 0.243 e. The van der Waals surface area contributed by atoms with Crippen LogP contribution in [0.4, 0.5) is 0 Å². The standard InChI is InChI=1S/C70H131N19O15/c1-17-40(11)55(75)69(103)88-53(35-54(74)90)68(102)87-52(34-39(9)10)67(101)83-46(25-19-22-28-71)62(96)78-45(16)61(95)86-50(32-37(5)6)65(99)79-42(13)58(92)77-43(14)60(94)85-51(33-38(7)8)66(100)80-44(15)59(93)81-47(26-20-23-29-72)63(97)82-48(27-21-24-30-73)64(98)89-56(41(12)18-2)70(104)84-49(57(76)91)31-36(3)4/h36-53,55-56H,17-35,71-73,75H2,1-16H3,(H2,74,90)(H2,76,91)(H,77,92)(H,78,96)(H,79,99)(H,80,100)(H,81,93)(H,82,97)(H,83,101)(H,84,104)(H,85,94)(H,86,95)(H,87,102)(H,88,103)(H,89,98)/t40-,41?,42-,43-,44-,45-,46-,47-,48-,49-,50-,51-,52-,53-,55-,56-/m0/s1. The number of nitrogens with one attached hydrogen (secondary N) is 13. The maximum atomic E-state index is 14.2. The fourth-order valence-electron chi connectivity index (χ4n) is 10.8. The number of primary amides is 2. The molecular formula is C70H131N19O15. The summed E-state index contributed by atoms with van der Waals surface area (Å²) < 4.78 is 0. The molecule has 0 radical (unpaired) electrons. The molecule has 0 saturated heterocycles. The summed E-state index contributed by atoms with van der Waals surface area (Å²) in [4.78, 5) is 204. The summed E-state index contributed by atoms with van der Waals surface area (Å²) >= 11 is 0. The minimum Gasteiger partial charge on any atom is -0.370 e. The number of rotatable bonds is 53. The van der Waals surface area contributed by atoms with Gasteiger partial charge in [-0.3, -0.25) is 71.9 Å². The van der Waals surface area contributed by atoms with E-state index in [-0.39, 0.29) is 87.6 Å². The van der Waals surface area contributed by atoms with Crippen molar-refractivity contribution in [3.05, 3.63) is 0 Å². The third-order valence-corrected chi connectivity index (χ3v) is 17.5. The average molecular weight is 1480 g/mol. The van der Waals surface area contributed by atoms with Crippen molar-refractivity contribution in [3.63, 3.8) is 0 Å². The number of carbonyl (C=O) groups excluding carboxylic acids is 15. The summed E-state index contributed by atoms with van der Waals surface area (Å²) in [5.41, 5.74) is 34.4. The first-order chi connectivity index (χ1) is 48.6. The predicted octanol–water partition coefficient (Wildman–Crippen LogP) is -2.28. The number of hydrogen-bond donors (Lipinski definition) is 19. The van der Waals surface area contributed by atoms with Crippen LogP contribution in [0.15, 0.2) is 0 Å². The lowest BCUT2D eigenvalue weighted by Crippen LogP contribution is -2.60. The third-order valence-electron chi connectivity index (χ3n) is 17.5. The van der Waals surface area contributed by atoms with Crippen molar-refractivity contribution in [2.75, 3.05) is 19.6 Å². The van der Waals surface area contributed by atoms with Crippen molar-refractivity contribution in [2.24, 2.45) is 69.9 Å². The van der Waals surface area contributed by atoms with Crippen LogP contribution in [0.2, 0.25) is 0 Å². The topological polar surface area (TPSA) is 569 Å². The van der Waals surface area contributed by atoms with Gasteiger partial charge in [-0.1, -0.05) is 95.9 Å². The molecule has 0 fully saturated rings. The van der Waals surface area contributed by atoms with Crippen molar-refractivity contribution < 1.29 is 71.9 Å². The van der Waals surface area contributed by atoms with Gasteiger partial charge in [-0.15, -0.1) is 0 Å². The molecule has 0 saturated carbocycles. The van der Waals surface area contributed by atoms with Crippen molar-refractivity contribution in [1.82, 2.24) is 69.1 Å². The van der Waals surface area contributed by atoms with Gasteiger partial charge in [-0.2, -0.15) is 0 Å². The Kier molecular flexibility index (Phi) is 46.4. The van der Waals surface area contributed by atoms with E-state index in [2.05, 4.69) is 69.1 Å². The van der Waals surface area contributed by atoms with Crippen LogP contribution in [0.5, 0.6) is 0 Å². The Morgan fingerprint density at radius 3 is 0.856 bits per heavy atom. The molecule has 0 aromatic heterocycles. The molecule has 0 bridgehead atoms. The monoisotopic (exact) mass is 1480 g/mol. The number of hydrogen-bond acceptors (Lipinski definition) is 19. The first-order valence-corrected chi connectivity index (χ1v) is 37.0. The van der Waals surface area contributed by atoms with Gasteiger partial charge in [0.2, 0.25) is 88.6 Å². The Balaban J connectivity index is 6.37. The molecule has 0 aliphatic heterocycles. The molecule has 0 spiro atoms.